The fourth-order valence-corrected chi connectivity index (χ4v) is 2.32. The van der Waals surface area contributed by atoms with Crippen molar-refractivity contribution in [2.75, 3.05) is 0 Å². The van der Waals surface area contributed by atoms with Crippen molar-refractivity contribution in [1.82, 2.24) is 0 Å². The van der Waals surface area contributed by atoms with E-state index in [1.165, 1.54) is 6.07 Å². The molecule has 23 heavy (non-hydrogen) atoms. The van der Waals surface area contributed by atoms with Crippen LogP contribution in [-0.4, -0.2) is 0 Å². The van der Waals surface area contributed by atoms with E-state index in [1.807, 2.05) is 6.07 Å². The van der Waals surface area contributed by atoms with Crippen LogP contribution in [0, 0.1) is 0 Å². The van der Waals surface area contributed by atoms with Crippen LogP contribution in [0.2, 0.25) is 0 Å². The third-order valence-corrected chi connectivity index (χ3v) is 3.37. The fraction of sp³-hybridized carbons (Fsp3) is 0.0526. The largest absolute Gasteiger partial charge is 0.456 e. The third-order valence-electron chi connectivity index (χ3n) is 3.37. The van der Waals surface area contributed by atoms with Crippen molar-refractivity contribution in [3.8, 4) is 22.6 Å². The maximum atomic E-state index is 13.4. The predicted octanol–water partition coefficient (Wildman–Crippen LogP) is 6.16. The van der Waals surface area contributed by atoms with Gasteiger partial charge in [0, 0.05) is 5.56 Å². The second-order valence-electron chi connectivity index (χ2n) is 4.96. The molecule has 3 aromatic rings. The zero-order valence-corrected chi connectivity index (χ0v) is 12.0. The minimum Gasteiger partial charge on any atom is -0.456 e. The van der Waals surface area contributed by atoms with E-state index in [0.29, 0.717) is 16.9 Å². The minimum atomic E-state index is -4.49. The van der Waals surface area contributed by atoms with Gasteiger partial charge in [-0.1, -0.05) is 60.7 Å². The minimum absolute atomic E-state index is 0.183. The van der Waals surface area contributed by atoms with E-state index in [-0.39, 0.29) is 5.75 Å². The third kappa shape index (κ3) is 3.37. The Hall–Kier alpha value is -2.75. The van der Waals surface area contributed by atoms with Gasteiger partial charge in [0.1, 0.15) is 11.5 Å². The first kappa shape index (κ1) is 15.2. The zero-order valence-electron chi connectivity index (χ0n) is 12.0. The van der Waals surface area contributed by atoms with Gasteiger partial charge in [-0.2, -0.15) is 13.2 Å². The van der Waals surface area contributed by atoms with Gasteiger partial charge in [0.2, 0.25) is 0 Å². The van der Waals surface area contributed by atoms with Crippen molar-refractivity contribution in [3.63, 3.8) is 0 Å². The Morgan fingerprint density at radius 1 is 0.652 bits per heavy atom. The highest BCUT2D eigenvalue weighted by Crippen LogP contribution is 2.43. The van der Waals surface area contributed by atoms with Crippen LogP contribution in [0.3, 0.4) is 0 Å². The summed E-state index contributed by atoms with van der Waals surface area (Å²) in [4.78, 5) is 0. The van der Waals surface area contributed by atoms with Gasteiger partial charge in [-0.15, -0.1) is 0 Å². The number of alkyl halides is 3. The van der Waals surface area contributed by atoms with Crippen molar-refractivity contribution in [2.24, 2.45) is 0 Å². The van der Waals surface area contributed by atoms with Crippen LogP contribution >= 0.6 is 0 Å². The topological polar surface area (TPSA) is 9.23 Å². The van der Waals surface area contributed by atoms with Crippen LogP contribution in [-0.2, 0) is 6.18 Å². The first-order valence-electron chi connectivity index (χ1n) is 7.04. The molecule has 0 aliphatic rings. The Kier molecular flexibility index (Phi) is 4.06. The van der Waals surface area contributed by atoms with E-state index < -0.39 is 11.7 Å². The van der Waals surface area contributed by atoms with E-state index in [2.05, 4.69) is 0 Å². The normalized spacial score (nSPS) is 11.3. The highest BCUT2D eigenvalue weighted by molar-refractivity contribution is 5.73. The van der Waals surface area contributed by atoms with E-state index in [1.54, 1.807) is 60.7 Å². The molecular formula is C19H13F3O. The molecule has 0 saturated carbocycles. The van der Waals surface area contributed by atoms with Gasteiger partial charge in [0.25, 0.3) is 0 Å². The lowest BCUT2D eigenvalue weighted by Gasteiger charge is -2.17. The summed E-state index contributed by atoms with van der Waals surface area (Å²) in [6.45, 7) is 0. The van der Waals surface area contributed by atoms with E-state index >= 15 is 0 Å². The number of benzene rings is 3. The molecule has 116 valence electrons. The molecule has 0 spiro atoms. The maximum Gasteiger partial charge on any atom is 0.420 e. The van der Waals surface area contributed by atoms with Crippen LogP contribution in [0.15, 0.2) is 78.9 Å². The van der Waals surface area contributed by atoms with Crippen molar-refractivity contribution in [1.29, 1.82) is 0 Å². The lowest BCUT2D eigenvalue weighted by molar-refractivity contribution is -0.138. The molecule has 4 heteroatoms. The molecule has 0 amide bonds. The molecule has 0 aliphatic carbocycles. The van der Waals surface area contributed by atoms with Gasteiger partial charge >= 0.3 is 6.18 Å². The van der Waals surface area contributed by atoms with Crippen LogP contribution in [0.25, 0.3) is 11.1 Å². The summed E-state index contributed by atoms with van der Waals surface area (Å²) in [5, 5.41) is 0. The lowest BCUT2D eigenvalue weighted by Crippen LogP contribution is -2.08. The molecule has 0 unspecified atom stereocenters. The quantitative estimate of drug-likeness (QED) is 0.562. The smallest absolute Gasteiger partial charge is 0.420 e. The Balaban J connectivity index is 2.16. The molecule has 0 atom stereocenters. The summed E-state index contributed by atoms with van der Waals surface area (Å²) < 4.78 is 45.7. The second-order valence-corrected chi connectivity index (χ2v) is 4.96. The summed E-state index contributed by atoms with van der Waals surface area (Å²) in [6.07, 6.45) is -4.49. The van der Waals surface area contributed by atoms with Gasteiger partial charge < -0.3 is 4.74 Å². The Bertz CT molecular complexity index is 781. The first-order valence-corrected chi connectivity index (χ1v) is 7.04. The molecule has 0 saturated heterocycles. The predicted molar refractivity (Wildman–Crippen MR) is 83.4 cm³/mol. The highest BCUT2D eigenvalue weighted by atomic mass is 19.4. The number of hydrogen-bond acceptors (Lipinski definition) is 1. The Labute approximate surface area is 132 Å². The molecule has 0 fully saturated rings. The molecule has 1 nitrogen and oxygen atoms in total. The van der Waals surface area contributed by atoms with E-state index in [9.17, 15) is 13.2 Å². The molecular weight excluding hydrogens is 301 g/mol. The summed E-state index contributed by atoms with van der Waals surface area (Å²) >= 11 is 0. The maximum absolute atomic E-state index is 13.4. The molecule has 0 aromatic heterocycles. The molecule has 3 aromatic carbocycles. The molecule has 0 N–H and O–H groups in total. The van der Waals surface area contributed by atoms with Gasteiger partial charge in [-0.3, -0.25) is 0 Å². The van der Waals surface area contributed by atoms with Crippen LogP contribution in [0.5, 0.6) is 11.5 Å². The summed E-state index contributed by atoms with van der Waals surface area (Å²) in [5.41, 5.74) is 0.288. The highest BCUT2D eigenvalue weighted by Gasteiger charge is 2.35. The van der Waals surface area contributed by atoms with E-state index in [0.717, 1.165) is 6.07 Å². The Morgan fingerprint density at radius 3 is 1.87 bits per heavy atom. The van der Waals surface area contributed by atoms with Crippen molar-refractivity contribution >= 4 is 0 Å². The standard InChI is InChI=1S/C19H13F3O/c20-19(21,22)17-13-7-12-16(14-8-3-1-4-9-14)18(17)23-15-10-5-2-6-11-15/h1-13H. The lowest BCUT2D eigenvalue weighted by atomic mass is 10.0. The Morgan fingerprint density at radius 2 is 1.26 bits per heavy atom. The van der Waals surface area contributed by atoms with Crippen molar-refractivity contribution < 1.29 is 17.9 Å². The second kappa shape index (κ2) is 6.16. The molecule has 0 radical (unpaired) electrons. The van der Waals surface area contributed by atoms with Crippen molar-refractivity contribution in [3.05, 3.63) is 84.4 Å². The zero-order chi connectivity index (χ0) is 16.3. The van der Waals surface area contributed by atoms with Gasteiger partial charge in [0.05, 0.1) is 5.56 Å². The van der Waals surface area contributed by atoms with Crippen LogP contribution in [0.4, 0.5) is 13.2 Å². The number of rotatable bonds is 3. The molecule has 3 rings (SSSR count). The van der Waals surface area contributed by atoms with Crippen molar-refractivity contribution in [2.45, 2.75) is 6.18 Å². The SMILES string of the molecule is FC(F)(F)c1cccc(-c2ccccc2)c1Oc1ccccc1. The number of ether oxygens (including phenoxy) is 1. The first-order chi connectivity index (χ1) is 11.1. The molecule has 0 bridgehead atoms. The monoisotopic (exact) mass is 314 g/mol. The van der Waals surface area contributed by atoms with E-state index in [4.69, 9.17) is 4.74 Å². The number of halogens is 3. The number of hydrogen-bond donors (Lipinski definition) is 0. The van der Waals surface area contributed by atoms with Gasteiger partial charge in [-0.25, -0.2) is 0 Å². The number of para-hydroxylation sites is 2. The average Bonchev–Trinajstić information content (AvgIpc) is 2.56. The van der Waals surface area contributed by atoms with Gasteiger partial charge in [-0.05, 0) is 23.8 Å². The fourth-order valence-electron chi connectivity index (χ4n) is 2.32. The summed E-state index contributed by atoms with van der Waals surface area (Å²) in [5.74, 6) is 0.179. The summed E-state index contributed by atoms with van der Waals surface area (Å²) in [6, 6.07) is 21.4. The van der Waals surface area contributed by atoms with Crippen LogP contribution < -0.4 is 4.74 Å². The molecule has 0 heterocycles. The summed E-state index contributed by atoms with van der Waals surface area (Å²) in [7, 11) is 0. The van der Waals surface area contributed by atoms with Gasteiger partial charge in [0.15, 0.2) is 0 Å². The van der Waals surface area contributed by atoms with Crippen LogP contribution in [0.1, 0.15) is 5.56 Å². The molecule has 0 aliphatic heterocycles. The average molecular weight is 314 g/mol.